The van der Waals surface area contributed by atoms with Gasteiger partial charge < -0.3 is 9.47 Å². The van der Waals surface area contributed by atoms with Crippen LogP contribution in [0.3, 0.4) is 0 Å². The summed E-state index contributed by atoms with van der Waals surface area (Å²) in [6, 6.07) is 101. The summed E-state index contributed by atoms with van der Waals surface area (Å²) in [5.41, 5.74) is 21.1. The van der Waals surface area contributed by atoms with Gasteiger partial charge in [0.25, 0.3) is 0 Å². The Morgan fingerprint density at radius 3 is 1.22 bits per heavy atom. The highest BCUT2D eigenvalue weighted by Crippen LogP contribution is 2.42. The first-order valence-electron chi connectivity index (χ1n) is 23.3. The Labute approximate surface area is 397 Å². The molecule has 0 saturated carbocycles. The van der Waals surface area contributed by atoms with Gasteiger partial charge in [-0.05, 0) is 140 Å². The second kappa shape index (κ2) is 17.8. The van der Waals surface area contributed by atoms with E-state index in [4.69, 9.17) is 0 Å². The van der Waals surface area contributed by atoms with E-state index in [0.717, 1.165) is 33.9 Å². The average Bonchev–Trinajstić information content (AvgIpc) is 3.77. The molecule has 1 aromatic heterocycles. The maximum Gasteiger partial charge on any atom is 0.0547 e. The lowest BCUT2D eigenvalue weighted by molar-refractivity contribution is 1.18. The lowest BCUT2D eigenvalue weighted by Crippen LogP contribution is -2.10. The van der Waals surface area contributed by atoms with Gasteiger partial charge in [-0.1, -0.05) is 206 Å². The van der Waals surface area contributed by atoms with E-state index in [-0.39, 0.29) is 0 Å². The number of aromatic nitrogens is 1. The Hall–Kier alpha value is -8.98. The van der Waals surface area contributed by atoms with Gasteiger partial charge in [0.2, 0.25) is 0 Å². The molecule has 0 aliphatic heterocycles. The molecule has 0 bridgehead atoms. The Morgan fingerprint density at radius 1 is 0.235 bits per heavy atom. The molecule has 12 aromatic rings. The van der Waals surface area contributed by atoms with Crippen molar-refractivity contribution in [1.29, 1.82) is 0 Å². The van der Waals surface area contributed by atoms with Crippen LogP contribution in [0.5, 0.6) is 0 Å². The molecule has 0 amide bonds. The van der Waals surface area contributed by atoms with Gasteiger partial charge in [-0.15, -0.1) is 0 Å². The van der Waals surface area contributed by atoms with Crippen LogP contribution in [-0.4, -0.2) is 4.57 Å². The number of rotatable bonds is 10. The van der Waals surface area contributed by atoms with Crippen LogP contribution in [0.25, 0.3) is 94.3 Å². The first kappa shape index (κ1) is 40.5. The predicted molar refractivity (Wildman–Crippen MR) is 288 cm³/mol. The van der Waals surface area contributed by atoms with Gasteiger partial charge in [0.15, 0.2) is 0 Å². The summed E-state index contributed by atoms with van der Waals surface area (Å²) < 4.78 is 2.39. The van der Waals surface area contributed by atoms with Crippen molar-refractivity contribution in [2.24, 2.45) is 0 Å². The van der Waals surface area contributed by atoms with E-state index in [1.807, 2.05) is 0 Å². The van der Waals surface area contributed by atoms with E-state index < -0.39 is 0 Å². The van der Waals surface area contributed by atoms with Crippen molar-refractivity contribution in [3.63, 3.8) is 0 Å². The van der Waals surface area contributed by atoms with Crippen LogP contribution in [0.1, 0.15) is 0 Å². The zero-order chi connectivity index (χ0) is 45.2. The van der Waals surface area contributed by atoms with Crippen molar-refractivity contribution in [3.05, 3.63) is 279 Å². The molecular weight excluding hydrogens is 821 g/mol. The van der Waals surface area contributed by atoms with E-state index in [9.17, 15) is 0 Å². The number of fused-ring (bicyclic) bond motifs is 3. The van der Waals surface area contributed by atoms with Gasteiger partial charge in [-0.3, -0.25) is 0 Å². The summed E-state index contributed by atoms with van der Waals surface area (Å²) in [5, 5.41) is 2.50. The van der Waals surface area contributed by atoms with Crippen molar-refractivity contribution in [3.8, 4) is 72.4 Å². The Morgan fingerprint density at radius 2 is 0.618 bits per heavy atom. The van der Waals surface area contributed by atoms with E-state index in [0.29, 0.717) is 0 Å². The summed E-state index contributed by atoms with van der Waals surface area (Å²) >= 11 is 0. The molecule has 12 rings (SSSR count). The Balaban J connectivity index is 0.923. The fraction of sp³-hybridized carbons (Fsp3) is 0. The first-order valence-corrected chi connectivity index (χ1v) is 23.3. The quantitative estimate of drug-likeness (QED) is 0.133. The fourth-order valence-corrected chi connectivity index (χ4v) is 9.85. The second-order valence-corrected chi connectivity index (χ2v) is 17.3. The molecule has 11 aromatic carbocycles. The second-order valence-electron chi connectivity index (χ2n) is 17.3. The van der Waals surface area contributed by atoms with Gasteiger partial charge in [0.05, 0.1) is 11.0 Å². The standard InChI is InChI=1S/C66H46N2/c1-4-16-47(17-5-1)49-32-34-50(35-33-49)51-36-40-59(41-37-51)67(60-42-38-52(39-43-60)54-21-12-20-53(44-54)48-18-6-2-7-19-48)61-27-14-23-56(46-61)55-22-13-24-57(45-55)62-29-15-31-65-66(62)63-28-10-11-30-64(63)68(65)58-25-8-3-9-26-58/h1-46H. The molecule has 0 N–H and O–H groups in total. The zero-order valence-electron chi connectivity index (χ0n) is 37.5. The number of hydrogen-bond acceptors (Lipinski definition) is 1. The highest BCUT2D eigenvalue weighted by Gasteiger charge is 2.18. The van der Waals surface area contributed by atoms with Crippen LogP contribution in [0, 0.1) is 0 Å². The summed E-state index contributed by atoms with van der Waals surface area (Å²) in [7, 11) is 0. The molecule has 0 fully saturated rings. The van der Waals surface area contributed by atoms with Crippen molar-refractivity contribution in [1.82, 2.24) is 4.57 Å². The molecule has 320 valence electrons. The summed E-state index contributed by atoms with van der Waals surface area (Å²) in [6.07, 6.45) is 0. The number of para-hydroxylation sites is 2. The maximum atomic E-state index is 2.39. The molecule has 2 heteroatoms. The third-order valence-corrected chi connectivity index (χ3v) is 13.2. The molecular formula is C66H46N2. The Kier molecular flexibility index (Phi) is 10.6. The number of benzene rings is 11. The van der Waals surface area contributed by atoms with Crippen LogP contribution in [0.15, 0.2) is 279 Å². The van der Waals surface area contributed by atoms with Crippen LogP contribution >= 0.6 is 0 Å². The van der Waals surface area contributed by atoms with Crippen LogP contribution < -0.4 is 4.90 Å². The normalized spacial score (nSPS) is 11.2. The van der Waals surface area contributed by atoms with Crippen LogP contribution in [0.2, 0.25) is 0 Å². The highest BCUT2D eigenvalue weighted by molar-refractivity contribution is 6.16. The zero-order valence-corrected chi connectivity index (χ0v) is 37.5. The molecule has 0 saturated heterocycles. The third kappa shape index (κ3) is 7.74. The lowest BCUT2D eigenvalue weighted by Gasteiger charge is -2.26. The molecule has 0 aliphatic carbocycles. The topological polar surface area (TPSA) is 8.17 Å². The Bertz CT molecular complexity index is 3680. The maximum absolute atomic E-state index is 2.39. The fourth-order valence-electron chi connectivity index (χ4n) is 9.85. The van der Waals surface area contributed by atoms with Gasteiger partial charge in [0.1, 0.15) is 0 Å². The largest absolute Gasteiger partial charge is 0.310 e. The van der Waals surface area contributed by atoms with Crippen molar-refractivity contribution < 1.29 is 0 Å². The van der Waals surface area contributed by atoms with Crippen molar-refractivity contribution in [2.45, 2.75) is 0 Å². The molecule has 68 heavy (non-hydrogen) atoms. The molecule has 0 unspecified atom stereocenters. The smallest absolute Gasteiger partial charge is 0.0547 e. The van der Waals surface area contributed by atoms with Gasteiger partial charge in [0, 0.05) is 33.5 Å². The van der Waals surface area contributed by atoms with E-state index in [1.54, 1.807) is 0 Å². The molecule has 2 nitrogen and oxygen atoms in total. The number of hydrogen-bond donors (Lipinski definition) is 0. The van der Waals surface area contributed by atoms with Gasteiger partial charge in [-0.25, -0.2) is 0 Å². The minimum absolute atomic E-state index is 1.08. The van der Waals surface area contributed by atoms with Crippen LogP contribution in [-0.2, 0) is 0 Å². The van der Waals surface area contributed by atoms with E-state index >= 15 is 0 Å². The predicted octanol–water partition coefficient (Wildman–Crippen LogP) is 18.3. The number of anilines is 3. The van der Waals surface area contributed by atoms with E-state index in [1.165, 1.54) is 77.4 Å². The minimum Gasteiger partial charge on any atom is -0.310 e. The number of nitrogens with zero attached hydrogens (tertiary/aromatic N) is 2. The molecule has 0 atom stereocenters. The summed E-state index contributed by atoms with van der Waals surface area (Å²) in [5.74, 6) is 0. The molecule has 0 radical (unpaired) electrons. The first-order chi connectivity index (χ1) is 33.7. The lowest BCUT2D eigenvalue weighted by atomic mass is 9.95. The third-order valence-electron chi connectivity index (χ3n) is 13.2. The van der Waals surface area contributed by atoms with Gasteiger partial charge in [-0.2, -0.15) is 0 Å². The SMILES string of the molecule is c1ccc(-c2ccc(-c3ccc(N(c4ccc(-c5cccc(-c6ccccc6)c5)cc4)c4cccc(-c5cccc(-c6cccc7c6c6ccccc6n7-c6ccccc6)c5)c4)cc3)cc2)cc1. The summed E-state index contributed by atoms with van der Waals surface area (Å²) in [6.45, 7) is 0. The van der Waals surface area contributed by atoms with Crippen molar-refractivity contribution >= 4 is 38.9 Å². The molecule has 1 heterocycles. The summed E-state index contributed by atoms with van der Waals surface area (Å²) in [4.78, 5) is 2.37. The molecule has 0 spiro atoms. The average molecular weight is 867 g/mol. The van der Waals surface area contributed by atoms with Crippen molar-refractivity contribution in [2.75, 3.05) is 4.90 Å². The van der Waals surface area contributed by atoms with E-state index in [2.05, 4.69) is 289 Å². The van der Waals surface area contributed by atoms with Crippen LogP contribution in [0.4, 0.5) is 17.1 Å². The minimum atomic E-state index is 1.08. The monoisotopic (exact) mass is 866 g/mol. The molecule has 0 aliphatic rings. The van der Waals surface area contributed by atoms with Gasteiger partial charge >= 0.3 is 0 Å². The highest BCUT2D eigenvalue weighted by atomic mass is 15.1.